The molecule has 10 heavy (non-hydrogen) atoms. The van der Waals surface area contributed by atoms with Crippen LogP contribution in [0.1, 0.15) is 13.3 Å². The first-order valence-electron chi connectivity index (χ1n) is 2.47. The Kier molecular flexibility index (Phi) is 7.90. The topological polar surface area (TPSA) is 83.8 Å². The van der Waals surface area contributed by atoms with Gasteiger partial charge >= 0.3 is 29.6 Å². The number of hydrogen-bond donors (Lipinski definition) is 2. The Balaban J connectivity index is 0. The zero-order valence-corrected chi connectivity index (χ0v) is 7.94. The summed E-state index contributed by atoms with van der Waals surface area (Å²) >= 11 is 0. The fourth-order valence-corrected chi connectivity index (χ4v) is 0.424. The zero-order valence-electron chi connectivity index (χ0n) is 5.94. The number of rotatable bonds is 3. The molecule has 0 unspecified atom stereocenters. The van der Waals surface area contributed by atoms with Crippen molar-refractivity contribution in [2.24, 2.45) is 0 Å². The third kappa shape index (κ3) is 4.21. The van der Waals surface area contributed by atoms with Crippen molar-refractivity contribution < 1.29 is 49.9 Å². The summed E-state index contributed by atoms with van der Waals surface area (Å²) in [6.07, 6.45) is 0.0926. The van der Waals surface area contributed by atoms with Crippen LogP contribution in [0.4, 0.5) is 0 Å². The molecule has 0 saturated carbocycles. The van der Waals surface area contributed by atoms with E-state index in [9.17, 15) is 9.90 Å². The molecule has 0 saturated heterocycles. The average Bonchev–Trinajstić information content (AvgIpc) is 1.64. The first kappa shape index (κ1) is 13.0. The Morgan fingerprint density at radius 2 is 2.10 bits per heavy atom. The first-order valence-corrected chi connectivity index (χ1v) is 2.47. The van der Waals surface area contributed by atoms with Gasteiger partial charge in [0, 0.05) is 0 Å². The van der Waals surface area contributed by atoms with Crippen molar-refractivity contribution in [1.29, 1.82) is 0 Å². The molecule has 0 spiro atoms. The SMILES string of the molecule is CC[C@@H](C(=O)[O-])N(O)O.[Na+]. The Morgan fingerprint density at radius 1 is 1.70 bits per heavy atom. The maximum Gasteiger partial charge on any atom is 1.00 e. The van der Waals surface area contributed by atoms with Crippen molar-refractivity contribution in [2.75, 3.05) is 0 Å². The molecule has 0 aliphatic rings. The van der Waals surface area contributed by atoms with Gasteiger partial charge < -0.3 is 9.90 Å². The molecule has 0 aromatic rings. The molecule has 0 radical (unpaired) electrons. The molecule has 0 amide bonds. The van der Waals surface area contributed by atoms with Gasteiger partial charge in [-0.15, -0.1) is 0 Å². The Bertz CT molecular complexity index is 107. The summed E-state index contributed by atoms with van der Waals surface area (Å²) in [7, 11) is 0. The molecule has 0 bridgehead atoms. The molecule has 2 N–H and O–H groups in total. The third-order valence-electron chi connectivity index (χ3n) is 0.938. The first-order chi connectivity index (χ1) is 4.09. The standard InChI is InChI=1S/C4H9NO4.Na/c1-2-3(4(6)7)5(8)9;/h3,8-9H,2H2,1H3,(H,6,7);/q;+1/p-1/t3-;/m0./s1. The smallest absolute Gasteiger partial charge is 0.548 e. The number of aliphatic carboxylic acids is 1. The van der Waals surface area contributed by atoms with Gasteiger partial charge in [0.25, 0.3) is 0 Å². The quantitative estimate of drug-likeness (QED) is 0.319. The monoisotopic (exact) mass is 157 g/mol. The molecule has 0 aliphatic carbocycles. The van der Waals surface area contributed by atoms with E-state index in [1.165, 1.54) is 6.92 Å². The Labute approximate surface area is 80.5 Å². The van der Waals surface area contributed by atoms with Crippen molar-refractivity contribution in [2.45, 2.75) is 19.4 Å². The van der Waals surface area contributed by atoms with Crippen LogP contribution < -0.4 is 34.7 Å². The van der Waals surface area contributed by atoms with Crippen LogP contribution in [0, 0.1) is 0 Å². The van der Waals surface area contributed by atoms with Gasteiger partial charge in [-0.25, -0.2) is 0 Å². The summed E-state index contributed by atoms with van der Waals surface area (Å²) in [6.45, 7) is 1.50. The van der Waals surface area contributed by atoms with E-state index >= 15 is 0 Å². The molecule has 0 rings (SSSR count). The van der Waals surface area contributed by atoms with E-state index in [2.05, 4.69) is 0 Å². The number of carboxylic acids is 1. The molecule has 0 fully saturated rings. The molecule has 6 heteroatoms. The molecule has 54 valence electrons. The Morgan fingerprint density at radius 3 is 2.10 bits per heavy atom. The van der Waals surface area contributed by atoms with E-state index < -0.39 is 12.0 Å². The van der Waals surface area contributed by atoms with Crippen LogP contribution >= 0.6 is 0 Å². The van der Waals surface area contributed by atoms with Crippen molar-refractivity contribution >= 4 is 5.97 Å². The Hall–Kier alpha value is 0.350. The van der Waals surface area contributed by atoms with Gasteiger partial charge in [-0.3, -0.25) is 10.4 Å². The molecule has 0 aliphatic heterocycles. The van der Waals surface area contributed by atoms with E-state index in [1.807, 2.05) is 0 Å². The average molecular weight is 157 g/mol. The van der Waals surface area contributed by atoms with Crippen LogP contribution in [0.15, 0.2) is 0 Å². The molecule has 0 heterocycles. The van der Waals surface area contributed by atoms with E-state index in [4.69, 9.17) is 10.4 Å². The van der Waals surface area contributed by atoms with E-state index in [0.717, 1.165) is 0 Å². The number of carbonyl (C=O) groups excluding carboxylic acids is 1. The second-order valence-electron chi connectivity index (χ2n) is 1.56. The van der Waals surface area contributed by atoms with Gasteiger partial charge in [0.05, 0.1) is 5.97 Å². The normalized spacial score (nSPS) is 12.4. The van der Waals surface area contributed by atoms with Crippen molar-refractivity contribution in [3.05, 3.63) is 0 Å². The second-order valence-corrected chi connectivity index (χ2v) is 1.56. The number of carbonyl (C=O) groups is 1. The summed E-state index contributed by atoms with van der Waals surface area (Å²) < 4.78 is 0. The largest absolute Gasteiger partial charge is 1.00 e. The van der Waals surface area contributed by atoms with Crippen LogP contribution in [-0.4, -0.2) is 27.7 Å². The molecule has 5 nitrogen and oxygen atoms in total. The van der Waals surface area contributed by atoms with Crippen molar-refractivity contribution in [3.63, 3.8) is 0 Å². The van der Waals surface area contributed by atoms with Gasteiger partial charge in [-0.2, -0.15) is 0 Å². The fraction of sp³-hybridized carbons (Fsp3) is 0.750. The molecule has 0 aromatic heterocycles. The second kappa shape index (κ2) is 6.09. The van der Waals surface area contributed by atoms with E-state index in [-0.39, 0.29) is 41.2 Å². The van der Waals surface area contributed by atoms with Crippen molar-refractivity contribution in [3.8, 4) is 0 Å². The van der Waals surface area contributed by atoms with Crippen LogP contribution in [0.3, 0.4) is 0 Å². The van der Waals surface area contributed by atoms with Gasteiger partial charge in [0.1, 0.15) is 6.04 Å². The summed E-state index contributed by atoms with van der Waals surface area (Å²) in [5.74, 6) is -1.50. The van der Waals surface area contributed by atoms with Crippen LogP contribution in [-0.2, 0) is 4.79 Å². The minimum Gasteiger partial charge on any atom is -0.548 e. The molecular weight excluding hydrogens is 149 g/mol. The van der Waals surface area contributed by atoms with Crippen LogP contribution in [0.2, 0.25) is 0 Å². The summed E-state index contributed by atoms with van der Waals surface area (Å²) in [5, 5.41) is 25.8. The maximum absolute atomic E-state index is 9.90. The van der Waals surface area contributed by atoms with Gasteiger partial charge in [0.15, 0.2) is 0 Å². The molecule has 1 atom stereocenters. The van der Waals surface area contributed by atoms with Crippen molar-refractivity contribution in [1.82, 2.24) is 5.23 Å². The number of hydrogen-bond acceptors (Lipinski definition) is 5. The predicted octanol–water partition coefficient (Wildman–Crippen LogP) is -4.40. The summed E-state index contributed by atoms with van der Waals surface area (Å²) in [4.78, 5) is 9.90. The fourth-order valence-electron chi connectivity index (χ4n) is 0.424. The maximum atomic E-state index is 9.90. The third-order valence-corrected chi connectivity index (χ3v) is 0.938. The summed E-state index contributed by atoms with van der Waals surface area (Å²) in [6, 6.07) is -1.33. The minimum atomic E-state index is -1.50. The predicted molar refractivity (Wildman–Crippen MR) is 24.5 cm³/mol. The molecular formula is C4H8NNaO4. The van der Waals surface area contributed by atoms with Gasteiger partial charge in [-0.05, 0) is 6.42 Å². The van der Waals surface area contributed by atoms with Gasteiger partial charge in [0.2, 0.25) is 0 Å². The molecule has 0 aromatic carbocycles. The number of hydroxylamine groups is 2. The minimum absolute atomic E-state index is 0. The number of nitrogens with zero attached hydrogens (tertiary/aromatic N) is 1. The van der Waals surface area contributed by atoms with Crippen LogP contribution in [0.25, 0.3) is 0 Å². The van der Waals surface area contributed by atoms with E-state index in [0.29, 0.717) is 0 Å². The number of carboxylic acid groups (broad SMARTS) is 1. The summed E-state index contributed by atoms with van der Waals surface area (Å²) in [5.41, 5.74) is 0. The van der Waals surface area contributed by atoms with Crippen LogP contribution in [0.5, 0.6) is 0 Å². The van der Waals surface area contributed by atoms with Gasteiger partial charge in [-0.1, -0.05) is 12.2 Å². The van der Waals surface area contributed by atoms with E-state index in [1.54, 1.807) is 0 Å². The zero-order chi connectivity index (χ0) is 7.44.